The lowest BCUT2D eigenvalue weighted by molar-refractivity contribution is 1.12. The molecule has 0 aliphatic heterocycles. The van der Waals surface area contributed by atoms with Crippen LogP contribution in [-0.4, -0.2) is 14.4 Å². The van der Waals surface area contributed by atoms with Crippen LogP contribution in [0.5, 0.6) is 0 Å². The van der Waals surface area contributed by atoms with Gasteiger partial charge in [0.2, 0.25) is 0 Å². The van der Waals surface area contributed by atoms with E-state index in [0.717, 1.165) is 46.2 Å². The largest absolute Gasteiger partial charge is 0.291 e. The summed E-state index contributed by atoms with van der Waals surface area (Å²) in [5, 5.41) is 12.3. The van der Waals surface area contributed by atoms with Gasteiger partial charge in [0.1, 0.15) is 5.65 Å². The maximum Gasteiger partial charge on any atom is 0.146 e. The van der Waals surface area contributed by atoms with E-state index >= 15 is 0 Å². The van der Waals surface area contributed by atoms with Gasteiger partial charge in [0.25, 0.3) is 0 Å². The smallest absolute Gasteiger partial charge is 0.146 e. The summed E-state index contributed by atoms with van der Waals surface area (Å²) in [6, 6.07) is 50.5. The van der Waals surface area contributed by atoms with E-state index in [0.29, 0.717) is 0 Å². The van der Waals surface area contributed by atoms with Gasteiger partial charge in [0, 0.05) is 37.7 Å². The lowest BCUT2D eigenvalue weighted by atomic mass is 9.97. The number of benzene rings is 7. The normalized spacial score (nSPS) is 13.1. The first kappa shape index (κ1) is 26.7. The molecule has 0 fully saturated rings. The van der Waals surface area contributed by atoms with Crippen LogP contribution in [0.15, 0.2) is 140 Å². The van der Waals surface area contributed by atoms with Crippen LogP contribution in [0.25, 0.3) is 105 Å². The van der Waals surface area contributed by atoms with Crippen molar-refractivity contribution in [3.63, 3.8) is 0 Å². The van der Waals surface area contributed by atoms with Gasteiger partial charge in [-0.3, -0.25) is 4.40 Å². The van der Waals surface area contributed by atoms with Crippen LogP contribution < -0.4 is 10.4 Å². The lowest BCUT2D eigenvalue weighted by Crippen LogP contribution is -2.28. The molecule has 0 saturated heterocycles. The van der Waals surface area contributed by atoms with Crippen LogP contribution >= 0.6 is 0 Å². The fourth-order valence-electron chi connectivity index (χ4n) is 8.24. The zero-order valence-corrected chi connectivity index (χ0v) is 26.7. The molecule has 0 spiro atoms. The quantitative estimate of drug-likeness (QED) is 0.179. The molecule has 49 heavy (non-hydrogen) atoms. The molecule has 0 bridgehead atoms. The Kier molecular flexibility index (Phi) is 5.50. The Labute approximate surface area is 281 Å². The van der Waals surface area contributed by atoms with E-state index in [1.165, 1.54) is 70.3 Å². The molecule has 3 heterocycles. The molecule has 3 aromatic heterocycles. The van der Waals surface area contributed by atoms with Gasteiger partial charge in [-0.2, -0.15) is 0 Å². The summed E-state index contributed by atoms with van der Waals surface area (Å²) in [5.74, 6) is 0. The zero-order valence-electron chi connectivity index (χ0n) is 26.7. The maximum atomic E-state index is 5.42. The Balaban J connectivity index is 1.11. The molecule has 0 atom stereocenters. The predicted octanol–water partition coefficient (Wildman–Crippen LogP) is 10.3. The number of hydrogen-bond acceptors (Lipinski definition) is 2. The molecule has 7 aromatic carbocycles. The Bertz CT molecular complexity index is 3150. The van der Waals surface area contributed by atoms with E-state index in [4.69, 9.17) is 9.97 Å². The molecule has 0 unspecified atom stereocenters. The van der Waals surface area contributed by atoms with Crippen molar-refractivity contribution in [1.82, 2.24) is 14.4 Å². The Morgan fingerprint density at radius 1 is 0.429 bits per heavy atom. The van der Waals surface area contributed by atoms with Crippen LogP contribution in [0.2, 0.25) is 0 Å². The van der Waals surface area contributed by atoms with Gasteiger partial charge in [-0.25, -0.2) is 9.97 Å². The van der Waals surface area contributed by atoms with Crippen molar-refractivity contribution in [2.24, 2.45) is 0 Å². The average Bonchev–Trinajstić information content (AvgIpc) is 3.59. The molecule has 228 valence electrons. The highest BCUT2D eigenvalue weighted by molar-refractivity contribution is 6.17. The second-order valence-corrected chi connectivity index (χ2v) is 13.2. The molecule has 1 aliphatic rings. The Hall–Kier alpha value is -6.32. The summed E-state index contributed by atoms with van der Waals surface area (Å²) < 4.78 is 2.42. The molecular formula is C46H29N3. The minimum atomic E-state index is 0.985. The van der Waals surface area contributed by atoms with Crippen LogP contribution in [0.4, 0.5) is 0 Å². The molecule has 3 heteroatoms. The molecule has 0 N–H and O–H groups in total. The van der Waals surface area contributed by atoms with E-state index in [2.05, 4.69) is 156 Å². The monoisotopic (exact) mass is 623 g/mol. The SMILES string of the molecule is C1=c2c(c3nc4c5ccccc5c5cc(-c6ccc(-c7ccc8ccc9ccccc9c8n7)cc6)ccc5n4c3c3ccccc23)=CCC1. The summed E-state index contributed by atoms with van der Waals surface area (Å²) in [6.07, 6.45) is 6.90. The van der Waals surface area contributed by atoms with E-state index in [9.17, 15) is 0 Å². The molecule has 0 saturated carbocycles. The number of fused-ring (bicyclic) bond motifs is 16. The van der Waals surface area contributed by atoms with Crippen molar-refractivity contribution in [1.29, 1.82) is 0 Å². The fraction of sp³-hybridized carbons (Fsp3) is 0.0435. The number of imidazole rings is 1. The molecule has 0 radical (unpaired) electrons. The van der Waals surface area contributed by atoms with Gasteiger partial charge >= 0.3 is 0 Å². The molecular weight excluding hydrogens is 595 g/mol. The van der Waals surface area contributed by atoms with E-state index in [-0.39, 0.29) is 0 Å². The summed E-state index contributed by atoms with van der Waals surface area (Å²) >= 11 is 0. The summed E-state index contributed by atoms with van der Waals surface area (Å²) in [5.41, 5.74) is 9.99. The molecule has 11 rings (SSSR count). The van der Waals surface area contributed by atoms with Crippen molar-refractivity contribution in [2.45, 2.75) is 12.8 Å². The minimum absolute atomic E-state index is 0.985. The fourth-order valence-corrected chi connectivity index (χ4v) is 8.24. The number of nitrogens with zero attached hydrogens (tertiary/aromatic N) is 3. The third-order valence-electron chi connectivity index (χ3n) is 10.6. The zero-order chi connectivity index (χ0) is 32.1. The van der Waals surface area contributed by atoms with Gasteiger partial charge in [-0.05, 0) is 63.5 Å². The van der Waals surface area contributed by atoms with Crippen LogP contribution in [0.3, 0.4) is 0 Å². The summed E-state index contributed by atoms with van der Waals surface area (Å²) in [7, 11) is 0. The second-order valence-electron chi connectivity index (χ2n) is 13.2. The number of pyridine rings is 2. The highest BCUT2D eigenvalue weighted by Gasteiger charge is 2.18. The van der Waals surface area contributed by atoms with Crippen molar-refractivity contribution in [2.75, 3.05) is 0 Å². The number of aromatic nitrogens is 3. The van der Waals surface area contributed by atoms with Gasteiger partial charge in [0.15, 0.2) is 0 Å². The molecule has 3 nitrogen and oxygen atoms in total. The summed E-state index contributed by atoms with van der Waals surface area (Å²) in [6.45, 7) is 0. The Morgan fingerprint density at radius 2 is 1.08 bits per heavy atom. The third kappa shape index (κ3) is 3.84. The maximum absolute atomic E-state index is 5.42. The van der Waals surface area contributed by atoms with Gasteiger partial charge < -0.3 is 0 Å². The van der Waals surface area contributed by atoms with Crippen LogP contribution in [0.1, 0.15) is 12.8 Å². The third-order valence-corrected chi connectivity index (χ3v) is 10.6. The minimum Gasteiger partial charge on any atom is -0.291 e. The van der Waals surface area contributed by atoms with Gasteiger partial charge in [0.05, 0.1) is 27.8 Å². The van der Waals surface area contributed by atoms with E-state index in [1.54, 1.807) is 0 Å². The first-order valence-corrected chi connectivity index (χ1v) is 17.1. The topological polar surface area (TPSA) is 30.2 Å². The summed E-state index contributed by atoms with van der Waals surface area (Å²) in [4.78, 5) is 10.6. The van der Waals surface area contributed by atoms with Gasteiger partial charge in [-0.1, -0.05) is 133 Å². The highest BCUT2D eigenvalue weighted by Crippen LogP contribution is 2.36. The van der Waals surface area contributed by atoms with Crippen molar-refractivity contribution in [3.8, 4) is 22.4 Å². The van der Waals surface area contributed by atoms with Crippen LogP contribution in [-0.2, 0) is 0 Å². The van der Waals surface area contributed by atoms with Crippen molar-refractivity contribution < 1.29 is 0 Å². The van der Waals surface area contributed by atoms with E-state index < -0.39 is 0 Å². The first-order chi connectivity index (χ1) is 24.3. The predicted molar refractivity (Wildman–Crippen MR) is 206 cm³/mol. The van der Waals surface area contributed by atoms with Crippen LogP contribution in [0, 0.1) is 0 Å². The van der Waals surface area contributed by atoms with E-state index in [1.807, 2.05) is 0 Å². The highest BCUT2D eigenvalue weighted by atomic mass is 15.0. The number of hydrogen-bond donors (Lipinski definition) is 0. The van der Waals surface area contributed by atoms with Gasteiger partial charge in [-0.15, -0.1) is 0 Å². The molecule has 1 aliphatic carbocycles. The Morgan fingerprint density at radius 3 is 1.94 bits per heavy atom. The average molecular weight is 624 g/mol. The van der Waals surface area contributed by atoms with Crippen molar-refractivity contribution in [3.05, 3.63) is 150 Å². The number of rotatable bonds is 2. The standard InChI is InChI=1S/C46H29N3/c1-2-10-33-29(9-1)19-22-31-23-25-41(47-43(31)33)30-20-17-28(18-21-30)32-24-26-42-40(27-32)36-13-5-8-16-39(36)46-48-44-37-14-6-3-11-34(37)35-12-4-7-15-38(35)45(44)49(42)46/h1-2,4-5,7-27H,3,6H2. The first-order valence-electron chi connectivity index (χ1n) is 17.1. The molecule has 10 aromatic rings. The lowest BCUT2D eigenvalue weighted by Gasteiger charge is -2.13. The second kappa shape index (κ2) is 10.1. The van der Waals surface area contributed by atoms with Crippen molar-refractivity contribution >= 4 is 83.0 Å². The molecule has 0 amide bonds.